The van der Waals surface area contributed by atoms with Crippen molar-refractivity contribution in [1.29, 1.82) is 0 Å². The molecule has 1 saturated carbocycles. The maximum Gasteiger partial charge on any atom is 0.327 e. The summed E-state index contributed by atoms with van der Waals surface area (Å²) in [5, 5.41) is 8.90. The quantitative estimate of drug-likeness (QED) is 0.854. The molecule has 0 spiro atoms. The second kappa shape index (κ2) is 5.30. The topological polar surface area (TPSA) is 37.3 Å². The van der Waals surface area contributed by atoms with Gasteiger partial charge in [0.1, 0.15) is 11.6 Å². The fourth-order valence-electron chi connectivity index (χ4n) is 3.46. The Morgan fingerprint density at radius 1 is 1.00 bits per heavy atom. The highest BCUT2D eigenvalue weighted by molar-refractivity contribution is 5.80. The lowest BCUT2D eigenvalue weighted by molar-refractivity contribution is -0.131. The van der Waals surface area contributed by atoms with Crippen molar-refractivity contribution in [3.63, 3.8) is 0 Å². The molecular formula is C19H16F2O2. The van der Waals surface area contributed by atoms with Crippen LogP contribution in [0.25, 0.3) is 0 Å². The van der Waals surface area contributed by atoms with Crippen molar-refractivity contribution >= 4 is 5.97 Å². The van der Waals surface area contributed by atoms with Crippen LogP contribution in [-0.4, -0.2) is 11.1 Å². The lowest BCUT2D eigenvalue weighted by Crippen LogP contribution is -2.17. The number of halogens is 2. The Labute approximate surface area is 133 Å². The number of rotatable bonds is 4. The summed E-state index contributed by atoms with van der Waals surface area (Å²) in [4.78, 5) is 10.9. The van der Waals surface area contributed by atoms with Gasteiger partial charge in [0.15, 0.2) is 0 Å². The minimum absolute atomic E-state index is 0.327. The fourth-order valence-corrected chi connectivity index (χ4v) is 3.46. The first-order valence-electron chi connectivity index (χ1n) is 7.32. The van der Waals surface area contributed by atoms with Gasteiger partial charge in [-0.2, -0.15) is 0 Å². The Hall–Kier alpha value is -2.49. The number of hydrogen-bond acceptors (Lipinski definition) is 1. The van der Waals surface area contributed by atoms with E-state index in [2.05, 4.69) is 0 Å². The molecule has 1 fully saturated rings. The average Bonchev–Trinajstić information content (AvgIpc) is 3.14. The van der Waals surface area contributed by atoms with Gasteiger partial charge in [0.05, 0.1) is 0 Å². The Morgan fingerprint density at radius 2 is 1.43 bits per heavy atom. The third-order valence-corrected chi connectivity index (χ3v) is 4.75. The van der Waals surface area contributed by atoms with Crippen molar-refractivity contribution in [1.82, 2.24) is 0 Å². The monoisotopic (exact) mass is 314 g/mol. The molecule has 1 N–H and O–H groups in total. The number of allylic oxidation sites excluding steroid dienone is 1. The lowest BCUT2D eigenvalue weighted by atomic mass is 9.80. The summed E-state index contributed by atoms with van der Waals surface area (Å²) in [7, 11) is 0. The molecule has 0 saturated heterocycles. The van der Waals surface area contributed by atoms with Gasteiger partial charge in [-0.15, -0.1) is 0 Å². The van der Waals surface area contributed by atoms with Gasteiger partial charge in [-0.05, 0) is 41.8 Å². The molecule has 118 valence electrons. The van der Waals surface area contributed by atoms with Gasteiger partial charge >= 0.3 is 5.97 Å². The van der Waals surface area contributed by atoms with Crippen LogP contribution in [0.3, 0.4) is 0 Å². The van der Waals surface area contributed by atoms with Crippen LogP contribution >= 0.6 is 0 Å². The van der Waals surface area contributed by atoms with Gasteiger partial charge in [-0.1, -0.05) is 37.3 Å². The predicted molar refractivity (Wildman–Crippen MR) is 83.1 cm³/mol. The first kappa shape index (κ1) is 15.4. The van der Waals surface area contributed by atoms with E-state index >= 15 is 0 Å². The van der Waals surface area contributed by atoms with Crippen molar-refractivity contribution in [3.05, 3.63) is 83.4 Å². The number of carboxylic acid groups (broad SMARTS) is 1. The molecular weight excluding hydrogens is 298 g/mol. The summed E-state index contributed by atoms with van der Waals surface area (Å²) >= 11 is 0. The van der Waals surface area contributed by atoms with E-state index < -0.39 is 16.8 Å². The molecule has 0 unspecified atom stereocenters. The second-order valence-electron chi connectivity index (χ2n) is 6.18. The molecule has 1 atom stereocenters. The van der Waals surface area contributed by atoms with E-state index in [-0.39, 0.29) is 11.6 Å². The number of aliphatic carboxylic acids is 1. The van der Waals surface area contributed by atoms with Crippen LogP contribution in [0.4, 0.5) is 8.78 Å². The van der Waals surface area contributed by atoms with Crippen LogP contribution in [0.2, 0.25) is 0 Å². The molecule has 0 bridgehead atoms. The van der Waals surface area contributed by atoms with Gasteiger partial charge in [-0.25, -0.2) is 13.6 Å². The fraction of sp³-hybridized carbons (Fsp3) is 0.211. The summed E-state index contributed by atoms with van der Waals surface area (Å²) in [5.74, 6) is -1.66. The molecule has 2 aromatic carbocycles. The molecule has 1 aliphatic carbocycles. The van der Waals surface area contributed by atoms with E-state index in [4.69, 9.17) is 5.11 Å². The van der Waals surface area contributed by atoms with Crippen LogP contribution in [0.15, 0.2) is 60.7 Å². The normalized spacial score (nSPS) is 22.2. The van der Waals surface area contributed by atoms with E-state index in [1.54, 1.807) is 30.3 Å². The Balaban J connectivity index is 2.10. The summed E-state index contributed by atoms with van der Waals surface area (Å²) in [6, 6.07) is 12.4. The van der Waals surface area contributed by atoms with Crippen LogP contribution in [-0.2, 0) is 10.2 Å². The van der Waals surface area contributed by atoms with E-state index in [1.165, 1.54) is 24.3 Å². The van der Waals surface area contributed by atoms with Gasteiger partial charge in [-0.3, -0.25) is 0 Å². The lowest BCUT2D eigenvalue weighted by Gasteiger charge is -2.22. The highest BCUT2D eigenvalue weighted by atomic mass is 19.1. The molecule has 4 heteroatoms. The van der Waals surface area contributed by atoms with Gasteiger partial charge in [0.2, 0.25) is 0 Å². The number of benzene rings is 2. The zero-order chi connectivity index (χ0) is 16.7. The van der Waals surface area contributed by atoms with Gasteiger partial charge < -0.3 is 5.11 Å². The maximum absolute atomic E-state index is 13.3. The van der Waals surface area contributed by atoms with E-state index in [9.17, 15) is 13.6 Å². The standard InChI is InChI=1S/C19H16F2O2/c1-18(11-10-17(22)23)12-19(18,13-2-6-15(20)7-3-13)14-4-8-16(21)9-5-14/h2-11H,12H2,1H3,(H,22,23)/t18-/m0/s1. The van der Waals surface area contributed by atoms with Gasteiger partial charge in [0.25, 0.3) is 0 Å². The zero-order valence-corrected chi connectivity index (χ0v) is 12.6. The van der Waals surface area contributed by atoms with Crippen LogP contribution in [0.1, 0.15) is 24.5 Å². The third kappa shape index (κ3) is 2.54. The predicted octanol–water partition coefficient (Wildman–Crippen LogP) is 4.30. The number of carbonyl (C=O) groups is 1. The summed E-state index contributed by atoms with van der Waals surface area (Å²) in [6.07, 6.45) is 3.48. The highest BCUT2D eigenvalue weighted by Gasteiger charge is 2.64. The summed E-state index contributed by atoms with van der Waals surface area (Å²) in [6.45, 7) is 1.96. The molecule has 2 aromatic rings. The Morgan fingerprint density at radius 3 is 1.83 bits per heavy atom. The molecule has 0 radical (unpaired) electrons. The summed E-state index contributed by atoms with van der Waals surface area (Å²) in [5.41, 5.74) is 0.896. The summed E-state index contributed by atoms with van der Waals surface area (Å²) < 4.78 is 26.5. The van der Waals surface area contributed by atoms with E-state index in [0.29, 0.717) is 6.42 Å². The van der Waals surface area contributed by atoms with Crippen molar-refractivity contribution in [3.8, 4) is 0 Å². The Kier molecular flexibility index (Phi) is 3.55. The first-order valence-corrected chi connectivity index (χ1v) is 7.32. The van der Waals surface area contributed by atoms with Crippen LogP contribution in [0, 0.1) is 17.0 Å². The van der Waals surface area contributed by atoms with E-state index in [1.807, 2.05) is 6.92 Å². The van der Waals surface area contributed by atoms with Crippen molar-refractivity contribution in [2.75, 3.05) is 0 Å². The Bertz CT molecular complexity index is 717. The minimum atomic E-state index is -1.01. The molecule has 1 aliphatic rings. The molecule has 0 heterocycles. The minimum Gasteiger partial charge on any atom is -0.478 e. The molecule has 0 aliphatic heterocycles. The number of carboxylic acids is 1. The molecule has 0 amide bonds. The van der Waals surface area contributed by atoms with Crippen molar-refractivity contribution < 1.29 is 18.7 Å². The van der Waals surface area contributed by atoms with Crippen molar-refractivity contribution in [2.24, 2.45) is 5.41 Å². The molecule has 0 aromatic heterocycles. The second-order valence-corrected chi connectivity index (χ2v) is 6.18. The molecule has 23 heavy (non-hydrogen) atoms. The smallest absolute Gasteiger partial charge is 0.327 e. The largest absolute Gasteiger partial charge is 0.478 e. The zero-order valence-electron chi connectivity index (χ0n) is 12.6. The van der Waals surface area contributed by atoms with Gasteiger partial charge in [0, 0.05) is 16.9 Å². The molecule has 2 nitrogen and oxygen atoms in total. The average molecular weight is 314 g/mol. The maximum atomic E-state index is 13.3. The van der Waals surface area contributed by atoms with Crippen molar-refractivity contribution in [2.45, 2.75) is 18.8 Å². The SMILES string of the molecule is C[C@]1(C=CC(=O)O)CC1(c1ccc(F)cc1)c1ccc(F)cc1. The molecule has 3 rings (SSSR count). The van der Waals surface area contributed by atoms with Crippen LogP contribution < -0.4 is 0 Å². The first-order chi connectivity index (χ1) is 10.9. The highest BCUT2D eigenvalue weighted by Crippen LogP contribution is 2.68. The van der Waals surface area contributed by atoms with Crippen LogP contribution in [0.5, 0.6) is 0 Å². The number of hydrogen-bond donors (Lipinski definition) is 1. The third-order valence-electron chi connectivity index (χ3n) is 4.75. The van der Waals surface area contributed by atoms with E-state index in [0.717, 1.165) is 17.2 Å².